The highest BCUT2D eigenvalue weighted by molar-refractivity contribution is 5.22. The number of aliphatic hydroxyl groups is 7. The van der Waals surface area contributed by atoms with Gasteiger partial charge in [-0.3, -0.25) is 0 Å². The summed E-state index contributed by atoms with van der Waals surface area (Å²) in [6.45, 7) is 7.41. The summed E-state index contributed by atoms with van der Waals surface area (Å²) in [5.74, 6) is -1.15. The van der Waals surface area contributed by atoms with Crippen LogP contribution < -0.4 is 0 Å². The lowest BCUT2D eigenvalue weighted by Gasteiger charge is -2.65. The van der Waals surface area contributed by atoms with Gasteiger partial charge in [0, 0.05) is 12.3 Å². The minimum atomic E-state index is -1.29. The molecule has 0 saturated heterocycles. The molecule has 7 nitrogen and oxygen atoms in total. The van der Waals surface area contributed by atoms with Crippen LogP contribution in [0.4, 0.5) is 0 Å². The van der Waals surface area contributed by atoms with Crippen LogP contribution in [-0.4, -0.2) is 78.0 Å². The van der Waals surface area contributed by atoms with Crippen molar-refractivity contribution < 1.29 is 35.7 Å². The lowest BCUT2D eigenvalue weighted by molar-refractivity contribution is -0.263. The molecule has 0 aromatic heterocycles. The van der Waals surface area contributed by atoms with Crippen molar-refractivity contribution in [1.29, 1.82) is 0 Å². The Labute approximate surface area is 203 Å². The van der Waals surface area contributed by atoms with Crippen molar-refractivity contribution in [2.75, 3.05) is 6.61 Å². The zero-order valence-electron chi connectivity index (χ0n) is 21.1. The predicted molar refractivity (Wildman–Crippen MR) is 127 cm³/mol. The maximum Gasteiger partial charge on any atom is 0.0883 e. The monoisotopic (exact) mass is 482 g/mol. The third kappa shape index (κ3) is 3.90. The van der Waals surface area contributed by atoms with Crippen molar-refractivity contribution >= 4 is 0 Å². The summed E-state index contributed by atoms with van der Waals surface area (Å²) in [4.78, 5) is 0. The van der Waals surface area contributed by atoms with Gasteiger partial charge in [0.2, 0.25) is 0 Å². The molecule has 0 aliphatic heterocycles. The fraction of sp³-hybridized carbons (Fsp3) is 0.926. The van der Waals surface area contributed by atoms with Gasteiger partial charge < -0.3 is 35.7 Å². The summed E-state index contributed by atoms with van der Waals surface area (Å²) >= 11 is 0. The molecule has 4 aliphatic carbocycles. The Morgan fingerprint density at radius 2 is 1.68 bits per heavy atom. The van der Waals surface area contributed by atoms with E-state index >= 15 is 0 Å². The van der Waals surface area contributed by atoms with Crippen LogP contribution >= 0.6 is 0 Å². The summed E-state index contributed by atoms with van der Waals surface area (Å²) in [6.07, 6.45) is 4.35. The largest absolute Gasteiger partial charge is 0.393 e. The summed E-state index contributed by atoms with van der Waals surface area (Å²) in [5, 5.41) is 75.7. The molecule has 0 heterocycles. The maximum atomic E-state index is 12.3. The van der Waals surface area contributed by atoms with Gasteiger partial charge >= 0.3 is 0 Å². The molecular formula is C27H46O7. The molecule has 0 bridgehead atoms. The van der Waals surface area contributed by atoms with Crippen LogP contribution in [0.2, 0.25) is 0 Å². The molecule has 0 aromatic rings. The van der Waals surface area contributed by atoms with Gasteiger partial charge in [-0.25, -0.2) is 0 Å². The number of fused-ring (bicyclic) bond motifs is 5. The second kappa shape index (κ2) is 8.79. The van der Waals surface area contributed by atoms with Crippen LogP contribution in [0.15, 0.2) is 12.2 Å². The molecule has 0 amide bonds. The Kier molecular flexibility index (Phi) is 6.86. The highest BCUT2D eigenvalue weighted by Crippen LogP contribution is 2.69. The summed E-state index contributed by atoms with van der Waals surface area (Å²) in [7, 11) is 0. The Balaban J connectivity index is 1.64. The van der Waals surface area contributed by atoms with Crippen LogP contribution in [-0.2, 0) is 0 Å². The number of hydrogen-bond donors (Lipinski definition) is 7. The van der Waals surface area contributed by atoms with E-state index in [0.717, 1.165) is 19.3 Å². The highest BCUT2D eigenvalue weighted by Gasteiger charge is 2.72. The van der Waals surface area contributed by atoms with E-state index in [1.807, 2.05) is 19.1 Å². The maximum absolute atomic E-state index is 12.3. The van der Waals surface area contributed by atoms with E-state index < -0.39 is 47.0 Å². The molecule has 4 saturated carbocycles. The van der Waals surface area contributed by atoms with Crippen LogP contribution in [0.5, 0.6) is 0 Å². The molecule has 0 unspecified atom stereocenters. The Morgan fingerprint density at radius 3 is 2.32 bits per heavy atom. The topological polar surface area (TPSA) is 142 Å². The van der Waals surface area contributed by atoms with Crippen molar-refractivity contribution in [2.45, 2.75) is 108 Å². The molecule has 4 rings (SSSR count). The molecule has 7 N–H and O–H groups in total. The minimum Gasteiger partial charge on any atom is -0.393 e. The van der Waals surface area contributed by atoms with E-state index in [1.165, 1.54) is 0 Å². The average Bonchev–Trinajstić information content (AvgIpc) is 2.95. The third-order valence-corrected chi connectivity index (χ3v) is 10.7. The van der Waals surface area contributed by atoms with Crippen molar-refractivity contribution in [1.82, 2.24) is 0 Å². The predicted octanol–water partition coefficient (Wildman–Crippen LogP) is 1.36. The van der Waals surface area contributed by atoms with Gasteiger partial charge in [-0.05, 0) is 80.0 Å². The Morgan fingerprint density at radius 1 is 1.03 bits per heavy atom. The zero-order chi connectivity index (χ0) is 25.3. The van der Waals surface area contributed by atoms with E-state index in [9.17, 15) is 35.7 Å². The molecule has 0 spiro atoms. The van der Waals surface area contributed by atoms with Gasteiger partial charge in [-0.2, -0.15) is 0 Å². The lowest BCUT2D eigenvalue weighted by Crippen LogP contribution is -2.68. The van der Waals surface area contributed by atoms with E-state index in [0.29, 0.717) is 12.8 Å². The smallest absolute Gasteiger partial charge is 0.0883 e. The minimum absolute atomic E-state index is 0.0775. The molecule has 4 fully saturated rings. The standard InChI is InChI=1S/C27H46O7/c1-15(6-5-9-24(2,33)14-28)20-21(31)22(32)23-26(20,4)11-8-19-25(3)10-7-16(29)12-17(25)18(30)13-27(19,23)34/h5-6,15-23,28-34H,7-14H2,1-4H3/b6-5+/t15-,16+,17-,18-,19-,20+,21-,22+,23-,24+,25+,26-,27+/m1/s1. The molecule has 196 valence electrons. The number of allylic oxidation sites excluding steroid dienone is 1. The SMILES string of the molecule is C[C@H](/C=C/C[C@](C)(O)CO)[C@H]1[C@@H](O)[C@H](O)[C@@H]2[C@]1(C)CC[C@@H]1[C@@]3(C)CC[C@H](O)C[C@@H]3[C@H](O)C[C@]12O. The van der Waals surface area contributed by atoms with Crippen molar-refractivity contribution in [3.8, 4) is 0 Å². The normalized spacial score (nSPS) is 53.6. The fourth-order valence-electron chi connectivity index (χ4n) is 9.16. The van der Waals surface area contributed by atoms with E-state index in [2.05, 4.69) is 13.8 Å². The van der Waals surface area contributed by atoms with Crippen molar-refractivity contribution in [3.63, 3.8) is 0 Å². The van der Waals surface area contributed by atoms with Gasteiger partial charge in [0.1, 0.15) is 0 Å². The van der Waals surface area contributed by atoms with E-state index in [1.54, 1.807) is 6.92 Å². The summed E-state index contributed by atoms with van der Waals surface area (Å²) in [6, 6.07) is 0. The number of hydrogen-bond acceptors (Lipinski definition) is 7. The van der Waals surface area contributed by atoms with Crippen molar-refractivity contribution in [3.05, 3.63) is 12.2 Å². The lowest BCUT2D eigenvalue weighted by atomic mass is 9.42. The molecular weight excluding hydrogens is 436 g/mol. The summed E-state index contributed by atoms with van der Waals surface area (Å²) in [5.41, 5.74) is -3.35. The van der Waals surface area contributed by atoms with Crippen LogP contribution in [0.1, 0.15) is 72.6 Å². The van der Waals surface area contributed by atoms with E-state index in [-0.39, 0.29) is 48.5 Å². The molecule has 0 radical (unpaired) electrons. The Hall–Kier alpha value is -0.540. The first-order valence-electron chi connectivity index (χ1n) is 13.2. The molecule has 13 atom stereocenters. The Bertz CT molecular complexity index is 785. The highest BCUT2D eigenvalue weighted by atomic mass is 16.3. The van der Waals surface area contributed by atoms with Crippen molar-refractivity contribution in [2.24, 2.45) is 40.4 Å². The van der Waals surface area contributed by atoms with Crippen LogP contribution in [0.25, 0.3) is 0 Å². The van der Waals surface area contributed by atoms with Gasteiger partial charge in [-0.1, -0.05) is 32.9 Å². The average molecular weight is 483 g/mol. The quantitative estimate of drug-likeness (QED) is 0.293. The third-order valence-electron chi connectivity index (χ3n) is 10.7. The summed E-state index contributed by atoms with van der Waals surface area (Å²) < 4.78 is 0. The van der Waals surface area contributed by atoms with Gasteiger partial charge in [0.05, 0.1) is 42.2 Å². The van der Waals surface area contributed by atoms with Gasteiger partial charge in [0.25, 0.3) is 0 Å². The van der Waals surface area contributed by atoms with E-state index in [4.69, 9.17) is 0 Å². The van der Waals surface area contributed by atoms with Gasteiger partial charge in [-0.15, -0.1) is 0 Å². The first kappa shape index (κ1) is 26.5. The van der Waals surface area contributed by atoms with Gasteiger partial charge in [0.15, 0.2) is 0 Å². The first-order chi connectivity index (χ1) is 15.7. The number of rotatable bonds is 5. The fourth-order valence-corrected chi connectivity index (χ4v) is 9.16. The molecule has 34 heavy (non-hydrogen) atoms. The first-order valence-corrected chi connectivity index (χ1v) is 13.2. The molecule has 0 aromatic carbocycles. The zero-order valence-corrected chi connectivity index (χ0v) is 21.1. The second-order valence-electron chi connectivity index (χ2n) is 13.0. The molecule has 4 aliphatic rings. The second-order valence-corrected chi connectivity index (χ2v) is 13.0. The van der Waals surface area contributed by atoms with Crippen LogP contribution in [0.3, 0.4) is 0 Å². The molecule has 7 heteroatoms. The van der Waals surface area contributed by atoms with Crippen LogP contribution in [0, 0.1) is 40.4 Å². The number of aliphatic hydroxyl groups excluding tert-OH is 5.